The maximum absolute atomic E-state index is 12.2. The fourth-order valence-corrected chi connectivity index (χ4v) is 1.88. The summed E-state index contributed by atoms with van der Waals surface area (Å²) in [6, 6.07) is 13.0. The van der Waals surface area contributed by atoms with Crippen LogP contribution in [0.5, 0.6) is 0 Å². The van der Waals surface area contributed by atoms with Crippen molar-refractivity contribution in [2.75, 3.05) is 12.4 Å². The van der Waals surface area contributed by atoms with Crippen LogP contribution in [0.3, 0.4) is 0 Å². The second kappa shape index (κ2) is 6.00. The first kappa shape index (κ1) is 13.1. The van der Waals surface area contributed by atoms with E-state index in [0.29, 0.717) is 5.56 Å². The van der Waals surface area contributed by atoms with Crippen LogP contribution in [0.4, 0.5) is 5.69 Å². The van der Waals surface area contributed by atoms with Gasteiger partial charge in [0.15, 0.2) is 0 Å². The van der Waals surface area contributed by atoms with E-state index in [0.717, 1.165) is 11.4 Å². The summed E-state index contributed by atoms with van der Waals surface area (Å²) in [5, 5.41) is 5.96. The predicted molar refractivity (Wildman–Crippen MR) is 76.1 cm³/mol. The molecule has 0 spiro atoms. The molecule has 0 bridgehead atoms. The quantitative estimate of drug-likeness (QED) is 0.883. The molecule has 0 aliphatic heterocycles. The smallest absolute Gasteiger partial charge is 0.253 e. The number of para-hydroxylation sites is 1. The van der Waals surface area contributed by atoms with Crippen LogP contribution >= 0.6 is 0 Å². The SMILES string of the molecule is CNc1ccccc1C(=O)N[C@@H](C)c1ccccn1. The number of carbonyl (C=O) groups is 1. The van der Waals surface area contributed by atoms with Gasteiger partial charge in [-0.2, -0.15) is 0 Å². The van der Waals surface area contributed by atoms with Gasteiger partial charge in [-0.15, -0.1) is 0 Å². The third-order valence-corrected chi connectivity index (χ3v) is 2.92. The van der Waals surface area contributed by atoms with Crippen LogP contribution in [0.1, 0.15) is 29.0 Å². The number of aromatic nitrogens is 1. The second-order valence-corrected chi connectivity index (χ2v) is 4.25. The monoisotopic (exact) mass is 255 g/mol. The number of anilines is 1. The van der Waals surface area contributed by atoms with Crippen molar-refractivity contribution in [1.29, 1.82) is 0 Å². The zero-order valence-electron chi connectivity index (χ0n) is 11.1. The first-order valence-corrected chi connectivity index (χ1v) is 6.21. The van der Waals surface area contributed by atoms with E-state index in [4.69, 9.17) is 0 Å². The Morgan fingerprint density at radius 2 is 1.89 bits per heavy atom. The molecule has 0 radical (unpaired) electrons. The number of nitrogens with zero attached hydrogens (tertiary/aromatic N) is 1. The molecule has 1 aromatic carbocycles. The largest absolute Gasteiger partial charge is 0.387 e. The highest BCUT2D eigenvalue weighted by molar-refractivity contribution is 5.99. The molecular weight excluding hydrogens is 238 g/mol. The van der Waals surface area contributed by atoms with Crippen LogP contribution in [0.25, 0.3) is 0 Å². The maximum Gasteiger partial charge on any atom is 0.253 e. The van der Waals surface area contributed by atoms with Crippen molar-refractivity contribution in [3.8, 4) is 0 Å². The van der Waals surface area contributed by atoms with E-state index in [9.17, 15) is 4.79 Å². The summed E-state index contributed by atoms with van der Waals surface area (Å²) in [5.74, 6) is -0.108. The van der Waals surface area contributed by atoms with Crippen molar-refractivity contribution in [3.63, 3.8) is 0 Å². The molecule has 0 saturated carbocycles. The molecule has 0 aliphatic rings. The molecule has 0 unspecified atom stereocenters. The molecule has 4 nitrogen and oxygen atoms in total. The highest BCUT2D eigenvalue weighted by Gasteiger charge is 2.14. The van der Waals surface area contributed by atoms with E-state index < -0.39 is 0 Å². The standard InChI is InChI=1S/C15H17N3O/c1-11(13-8-5-6-10-17-13)18-15(19)12-7-3-4-9-14(12)16-2/h3-11,16H,1-2H3,(H,18,19)/t11-/m0/s1. The lowest BCUT2D eigenvalue weighted by molar-refractivity contribution is 0.0940. The van der Waals surface area contributed by atoms with Crippen molar-refractivity contribution < 1.29 is 4.79 Å². The van der Waals surface area contributed by atoms with Gasteiger partial charge in [-0.1, -0.05) is 18.2 Å². The van der Waals surface area contributed by atoms with Crippen LogP contribution in [0.15, 0.2) is 48.7 Å². The number of hydrogen-bond acceptors (Lipinski definition) is 3. The van der Waals surface area contributed by atoms with E-state index in [1.165, 1.54) is 0 Å². The van der Waals surface area contributed by atoms with Gasteiger partial charge in [-0.3, -0.25) is 9.78 Å². The topological polar surface area (TPSA) is 54.0 Å². The Morgan fingerprint density at radius 1 is 1.16 bits per heavy atom. The van der Waals surface area contributed by atoms with Gasteiger partial charge in [0.25, 0.3) is 5.91 Å². The summed E-state index contributed by atoms with van der Waals surface area (Å²) < 4.78 is 0. The molecular formula is C15H17N3O. The van der Waals surface area contributed by atoms with Crippen LogP contribution in [0.2, 0.25) is 0 Å². The van der Waals surface area contributed by atoms with E-state index in [2.05, 4.69) is 15.6 Å². The molecule has 1 amide bonds. The van der Waals surface area contributed by atoms with Gasteiger partial charge >= 0.3 is 0 Å². The van der Waals surface area contributed by atoms with Crippen LogP contribution in [-0.4, -0.2) is 17.9 Å². The minimum Gasteiger partial charge on any atom is -0.387 e. The van der Waals surface area contributed by atoms with Gasteiger partial charge in [0, 0.05) is 18.9 Å². The predicted octanol–water partition coefficient (Wildman–Crippen LogP) is 2.61. The highest BCUT2D eigenvalue weighted by atomic mass is 16.1. The lowest BCUT2D eigenvalue weighted by Gasteiger charge is -2.15. The van der Waals surface area contributed by atoms with Gasteiger partial charge in [-0.25, -0.2) is 0 Å². The van der Waals surface area contributed by atoms with Gasteiger partial charge in [0.1, 0.15) is 0 Å². The van der Waals surface area contributed by atoms with Gasteiger partial charge in [0.2, 0.25) is 0 Å². The van der Waals surface area contributed by atoms with Gasteiger partial charge in [-0.05, 0) is 31.2 Å². The first-order valence-electron chi connectivity index (χ1n) is 6.21. The van der Waals surface area contributed by atoms with E-state index in [-0.39, 0.29) is 11.9 Å². The number of carbonyl (C=O) groups excluding carboxylic acids is 1. The Balaban J connectivity index is 2.13. The van der Waals surface area contributed by atoms with Crippen molar-refractivity contribution in [2.45, 2.75) is 13.0 Å². The average Bonchev–Trinajstić information content (AvgIpc) is 2.48. The Hall–Kier alpha value is -2.36. The van der Waals surface area contributed by atoms with Crippen LogP contribution < -0.4 is 10.6 Å². The molecule has 2 aromatic rings. The van der Waals surface area contributed by atoms with E-state index in [1.54, 1.807) is 19.3 Å². The maximum atomic E-state index is 12.2. The van der Waals surface area contributed by atoms with E-state index in [1.807, 2.05) is 43.3 Å². The summed E-state index contributed by atoms with van der Waals surface area (Å²) in [4.78, 5) is 16.5. The van der Waals surface area contributed by atoms with Crippen molar-refractivity contribution in [1.82, 2.24) is 10.3 Å². The van der Waals surface area contributed by atoms with E-state index >= 15 is 0 Å². The Bertz CT molecular complexity index is 554. The fraction of sp³-hybridized carbons (Fsp3) is 0.200. The average molecular weight is 255 g/mol. The molecule has 0 fully saturated rings. The zero-order chi connectivity index (χ0) is 13.7. The number of pyridine rings is 1. The first-order chi connectivity index (χ1) is 9.22. The van der Waals surface area contributed by atoms with Crippen molar-refractivity contribution >= 4 is 11.6 Å². The van der Waals surface area contributed by atoms with Crippen LogP contribution in [0, 0.1) is 0 Å². The second-order valence-electron chi connectivity index (χ2n) is 4.25. The number of benzene rings is 1. The molecule has 1 atom stereocenters. The summed E-state index contributed by atoms with van der Waals surface area (Å²) in [6.07, 6.45) is 1.72. The number of hydrogen-bond donors (Lipinski definition) is 2. The van der Waals surface area contributed by atoms with Crippen molar-refractivity contribution in [3.05, 3.63) is 59.9 Å². The van der Waals surface area contributed by atoms with Gasteiger partial charge < -0.3 is 10.6 Å². The lowest BCUT2D eigenvalue weighted by atomic mass is 10.1. The minimum atomic E-state index is -0.126. The molecule has 2 rings (SSSR count). The third-order valence-electron chi connectivity index (χ3n) is 2.92. The summed E-state index contributed by atoms with van der Waals surface area (Å²) in [5.41, 5.74) is 2.29. The zero-order valence-corrected chi connectivity index (χ0v) is 11.1. The molecule has 4 heteroatoms. The minimum absolute atomic E-state index is 0.108. The third kappa shape index (κ3) is 3.10. The van der Waals surface area contributed by atoms with Gasteiger partial charge in [0.05, 0.1) is 17.3 Å². The Labute approximate surface area is 112 Å². The number of nitrogens with one attached hydrogen (secondary N) is 2. The molecule has 1 heterocycles. The van der Waals surface area contributed by atoms with Crippen LogP contribution in [-0.2, 0) is 0 Å². The molecule has 98 valence electrons. The summed E-state index contributed by atoms with van der Waals surface area (Å²) >= 11 is 0. The molecule has 2 N–H and O–H groups in total. The molecule has 0 saturated heterocycles. The molecule has 19 heavy (non-hydrogen) atoms. The normalized spacial score (nSPS) is 11.7. The molecule has 0 aliphatic carbocycles. The molecule has 1 aromatic heterocycles. The number of rotatable bonds is 4. The lowest BCUT2D eigenvalue weighted by Crippen LogP contribution is -2.27. The summed E-state index contributed by atoms with van der Waals surface area (Å²) in [7, 11) is 1.80. The number of amides is 1. The van der Waals surface area contributed by atoms with Crippen molar-refractivity contribution in [2.24, 2.45) is 0 Å². The Morgan fingerprint density at radius 3 is 2.58 bits per heavy atom. The highest BCUT2D eigenvalue weighted by Crippen LogP contribution is 2.16. The summed E-state index contributed by atoms with van der Waals surface area (Å²) in [6.45, 7) is 1.92. The Kier molecular flexibility index (Phi) is 4.13. The fourth-order valence-electron chi connectivity index (χ4n) is 1.88.